The fourth-order valence-electron chi connectivity index (χ4n) is 1.66. The Bertz CT molecular complexity index is 710. The topological polar surface area (TPSA) is 81.2 Å². The first kappa shape index (κ1) is 14.7. The Balaban J connectivity index is 2.30. The van der Waals surface area contributed by atoms with Gasteiger partial charge in [-0.1, -0.05) is 18.3 Å². The maximum atomic E-state index is 12.3. The molecule has 6 nitrogen and oxygen atoms in total. The summed E-state index contributed by atoms with van der Waals surface area (Å²) in [6.45, 7) is 3.65. The van der Waals surface area contributed by atoms with E-state index in [-0.39, 0.29) is 10.0 Å². The molecule has 0 amide bonds. The molecule has 0 radical (unpaired) electrons. The molecule has 0 bridgehead atoms. The zero-order valence-corrected chi connectivity index (χ0v) is 13.0. The largest absolute Gasteiger partial charge is 0.497 e. The standard InChI is InChI=1S/C12H15N3O3S2/c1-4-11-13-14-12(19-11)15-20(16,17)10-6-5-9(18-3)7-8(10)2/h5-7H,4H2,1-3H3,(H,14,15). The van der Waals surface area contributed by atoms with Crippen molar-refractivity contribution >= 4 is 26.5 Å². The van der Waals surface area contributed by atoms with Crippen LogP contribution >= 0.6 is 11.3 Å². The minimum atomic E-state index is -3.66. The van der Waals surface area contributed by atoms with Gasteiger partial charge in [-0.2, -0.15) is 0 Å². The predicted octanol–water partition coefficient (Wildman–Crippen LogP) is 2.22. The van der Waals surface area contributed by atoms with Gasteiger partial charge in [0.1, 0.15) is 10.8 Å². The van der Waals surface area contributed by atoms with E-state index in [1.807, 2.05) is 6.92 Å². The average molecular weight is 313 g/mol. The van der Waals surface area contributed by atoms with E-state index in [0.29, 0.717) is 11.3 Å². The van der Waals surface area contributed by atoms with Gasteiger partial charge in [-0.05, 0) is 37.1 Å². The quantitative estimate of drug-likeness (QED) is 0.915. The zero-order valence-electron chi connectivity index (χ0n) is 11.4. The smallest absolute Gasteiger partial charge is 0.263 e. The predicted molar refractivity (Wildman–Crippen MR) is 77.8 cm³/mol. The lowest BCUT2D eigenvalue weighted by Gasteiger charge is -2.09. The number of nitrogens with zero attached hydrogens (tertiary/aromatic N) is 2. The summed E-state index contributed by atoms with van der Waals surface area (Å²) in [6, 6.07) is 4.80. The van der Waals surface area contributed by atoms with Gasteiger partial charge in [0.25, 0.3) is 10.0 Å². The van der Waals surface area contributed by atoms with Crippen LogP contribution in [0.25, 0.3) is 0 Å². The molecule has 0 saturated heterocycles. The number of rotatable bonds is 5. The summed E-state index contributed by atoms with van der Waals surface area (Å²) >= 11 is 1.23. The molecule has 0 aliphatic carbocycles. The zero-order chi connectivity index (χ0) is 14.8. The first-order valence-corrected chi connectivity index (χ1v) is 8.26. The lowest BCUT2D eigenvalue weighted by molar-refractivity contribution is 0.414. The molecule has 2 rings (SSSR count). The van der Waals surface area contributed by atoms with Crippen molar-refractivity contribution < 1.29 is 13.2 Å². The Morgan fingerprint density at radius 1 is 1.35 bits per heavy atom. The van der Waals surface area contributed by atoms with E-state index in [2.05, 4.69) is 14.9 Å². The van der Waals surface area contributed by atoms with Crippen LogP contribution in [0.1, 0.15) is 17.5 Å². The number of ether oxygens (including phenoxy) is 1. The second-order valence-electron chi connectivity index (χ2n) is 4.09. The molecule has 2 aromatic rings. The van der Waals surface area contributed by atoms with Crippen molar-refractivity contribution in [3.8, 4) is 5.75 Å². The summed E-state index contributed by atoms with van der Waals surface area (Å²) in [5.41, 5.74) is 0.608. The van der Waals surface area contributed by atoms with E-state index in [1.165, 1.54) is 24.5 Å². The van der Waals surface area contributed by atoms with E-state index in [1.54, 1.807) is 19.1 Å². The van der Waals surface area contributed by atoms with Gasteiger partial charge in [0.05, 0.1) is 12.0 Å². The summed E-state index contributed by atoms with van der Waals surface area (Å²) in [4.78, 5) is 0.201. The number of nitrogens with one attached hydrogen (secondary N) is 1. The highest BCUT2D eigenvalue weighted by Crippen LogP contribution is 2.24. The summed E-state index contributed by atoms with van der Waals surface area (Å²) < 4.78 is 32.1. The second kappa shape index (κ2) is 5.76. The van der Waals surface area contributed by atoms with Crippen LogP contribution in [-0.2, 0) is 16.4 Å². The maximum absolute atomic E-state index is 12.3. The number of sulfonamides is 1. The molecule has 1 aromatic carbocycles. The number of benzene rings is 1. The number of hydrogen-bond donors (Lipinski definition) is 1. The molecule has 0 aliphatic rings. The average Bonchev–Trinajstić information content (AvgIpc) is 2.85. The lowest BCUT2D eigenvalue weighted by atomic mass is 10.2. The van der Waals surface area contributed by atoms with Crippen molar-refractivity contribution in [2.75, 3.05) is 11.8 Å². The van der Waals surface area contributed by atoms with Gasteiger partial charge >= 0.3 is 0 Å². The lowest BCUT2D eigenvalue weighted by Crippen LogP contribution is -2.14. The number of aromatic nitrogens is 2. The van der Waals surface area contributed by atoms with Crippen LogP contribution < -0.4 is 9.46 Å². The maximum Gasteiger partial charge on any atom is 0.263 e. The Morgan fingerprint density at radius 2 is 2.10 bits per heavy atom. The Morgan fingerprint density at radius 3 is 2.65 bits per heavy atom. The van der Waals surface area contributed by atoms with Crippen LogP contribution in [0.15, 0.2) is 23.1 Å². The molecule has 108 valence electrons. The van der Waals surface area contributed by atoms with Crippen molar-refractivity contribution in [3.63, 3.8) is 0 Å². The number of hydrogen-bond acceptors (Lipinski definition) is 6. The molecular weight excluding hydrogens is 298 g/mol. The Labute approximate surface area is 121 Å². The summed E-state index contributed by atoms with van der Waals surface area (Å²) in [5, 5.41) is 8.76. The van der Waals surface area contributed by atoms with Gasteiger partial charge in [0, 0.05) is 0 Å². The number of methoxy groups -OCH3 is 1. The fourth-order valence-corrected chi connectivity index (χ4v) is 3.80. The molecule has 1 aromatic heterocycles. The van der Waals surface area contributed by atoms with E-state index < -0.39 is 10.0 Å². The molecule has 0 spiro atoms. The summed E-state index contributed by atoms with van der Waals surface area (Å²) in [6.07, 6.45) is 0.723. The van der Waals surface area contributed by atoms with Gasteiger partial charge in [-0.25, -0.2) is 8.42 Å². The van der Waals surface area contributed by atoms with Crippen LogP contribution in [0.5, 0.6) is 5.75 Å². The van der Waals surface area contributed by atoms with Crippen molar-refractivity contribution in [2.24, 2.45) is 0 Å². The van der Waals surface area contributed by atoms with E-state index >= 15 is 0 Å². The first-order valence-electron chi connectivity index (χ1n) is 5.96. The molecule has 20 heavy (non-hydrogen) atoms. The van der Waals surface area contributed by atoms with Crippen molar-refractivity contribution in [1.82, 2.24) is 10.2 Å². The molecule has 0 atom stereocenters. The van der Waals surface area contributed by atoms with Crippen molar-refractivity contribution in [1.29, 1.82) is 0 Å². The monoisotopic (exact) mass is 313 g/mol. The van der Waals surface area contributed by atoms with Crippen LogP contribution in [-0.4, -0.2) is 25.7 Å². The molecule has 0 saturated carbocycles. The van der Waals surface area contributed by atoms with Crippen LogP contribution in [0, 0.1) is 6.92 Å². The third kappa shape index (κ3) is 3.07. The minimum absolute atomic E-state index is 0.201. The Hall–Kier alpha value is -1.67. The highest BCUT2D eigenvalue weighted by Gasteiger charge is 2.19. The van der Waals surface area contributed by atoms with Crippen molar-refractivity contribution in [2.45, 2.75) is 25.2 Å². The second-order valence-corrected chi connectivity index (χ2v) is 6.80. The third-order valence-corrected chi connectivity index (χ3v) is 5.27. The van der Waals surface area contributed by atoms with E-state index in [0.717, 1.165) is 11.4 Å². The first-order chi connectivity index (χ1) is 9.46. The molecule has 1 heterocycles. The van der Waals surface area contributed by atoms with Gasteiger partial charge < -0.3 is 4.74 Å². The highest BCUT2D eigenvalue weighted by atomic mass is 32.2. The Kier molecular flexibility index (Phi) is 4.24. The molecule has 0 aliphatic heterocycles. The van der Waals surface area contributed by atoms with Gasteiger partial charge in [-0.3, -0.25) is 4.72 Å². The summed E-state index contributed by atoms with van der Waals surface area (Å²) in [5.74, 6) is 0.616. The van der Waals surface area contributed by atoms with Gasteiger partial charge in [0.2, 0.25) is 5.13 Å². The summed E-state index contributed by atoms with van der Waals surface area (Å²) in [7, 11) is -2.13. The van der Waals surface area contributed by atoms with Crippen molar-refractivity contribution in [3.05, 3.63) is 28.8 Å². The van der Waals surface area contributed by atoms with Crippen LogP contribution in [0.2, 0.25) is 0 Å². The molecule has 0 fully saturated rings. The highest BCUT2D eigenvalue weighted by molar-refractivity contribution is 7.93. The van der Waals surface area contributed by atoms with Gasteiger partial charge in [0.15, 0.2) is 0 Å². The fraction of sp³-hybridized carbons (Fsp3) is 0.333. The molecule has 1 N–H and O–H groups in total. The minimum Gasteiger partial charge on any atom is -0.497 e. The van der Waals surface area contributed by atoms with Crippen LogP contribution in [0.4, 0.5) is 5.13 Å². The normalized spacial score (nSPS) is 11.3. The molecule has 8 heteroatoms. The molecule has 0 unspecified atom stereocenters. The third-order valence-electron chi connectivity index (χ3n) is 2.66. The number of aryl methyl sites for hydroxylation is 2. The molecular formula is C12H15N3O3S2. The SMILES string of the molecule is CCc1nnc(NS(=O)(=O)c2ccc(OC)cc2C)s1. The van der Waals surface area contributed by atoms with Crippen LogP contribution in [0.3, 0.4) is 0 Å². The van der Waals surface area contributed by atoms with Gasteiger partial charge in [-0.15, -0.1) is 10.2 Å². The van der Waals surface area contributed by atoms with E-state index in [4.69, 9.17) is 4.74 Å². The van der Waals surface area contributed by atoms with E-state index in [9.17, 15) is 8.42 Å². The number of anilines is 1.